The van der Waals surface area contributed by atoms with Crippen molar-refractivity contribution in [3.8, 4) is 0 Å². The fourth-order valence-electron chi connectivity index (χ4n) is 1.12. The molecule has 0 bridgehead atoms. The Labute approximate surface area is 83.5 Å². The molecule has 1 unspecified atom stereocenters. The Morgan fingerprint density at radius 3 is 2.46 bits per heavy atom. The Kier molecular flexibility index (Phi) is 4.03. The lowest BCUT2D eigenvalue weighted by atomic mass is 10.2. The van der Waals surface area contributed by atoms with Crippen LogP contribution in [-0.2, 0) is 4.79 Å². The third-order valence-electron chi connectivity index (χ3n) is 1.85. The minimum absolute atomic E-state index is 0.113. The molecule has 1 aromatic rings. The maximum absolute atomic E-state index is 11.2. The molecule has 0 saturated carbocycles. The lowest BCUT2D eigenvalue weighted by molar-refractivity contribution is -0.116. The van der Waals surface area contributed by atoms with Gasteiger partial charge in [0.1, 0.15) is 5.78 Å². The smallest absolute Gasteiger partial charge is 0.143 e. The van der Waals surface area contributed by atoms with Crippen LogP contribution in [0.4, 0.5) is 0 Å². The van der Waals surface area contributed by atoms with Crippen molar-refractivity contribution < 1.29 is 4.79 Å². The third kappa shape index (κ3) is 3.23. The van der Waals surface area contributed by atoms with E-state index in [0.29, 0.717) is 0 Å². The average molecular weight is 194 g/mol. The summed E-state index contributed by atoms with van der Waals surface area (Å²) in [6.45, 7) is 3.70. The summed E-state index contributed by atoms with van der Waals surface area (Å²) in [4.78, 5) is 12.3. The van der Waals surface area contributed by atoms with Crippen LogP contribution in [0, 0.1) is 0 Å². The van der Waals surface area contributed by atoms with Crippen molar-refractivity contribution in [1.29, 1.82) is 0 Å². The molecule has 0 N–H and O–H groups in total. The van der Waals surface area contributed by atoms with E-state index < -0.39 is 0 Å². The zero-order valence-corrected chi connectivity index (χ0v) is 8.80. The molecule has 0 aliphatic carbocycles. The molecule has 1 rings (SSSR count). The second-order valence-electron chi connectivity index (χ2n) is 2.94. The van der Waals surface area contributed by atoms with E-state index in [1.165, 1.54) is 4.90 Å². The van der Waals surface area contributed by atoms with Gasteiger partial charge in [-0.1, -0.05) is 25.1 Å². The zero-order valence-electron chi connectivity index (χ0n) is 7.99. The number of hydrogen-bond acceptors (Lipinski definition) is 2. The van der Waals surface area contributed by atoms with E-state index in [2.05, 4.69) is 0 Å². The van der Waals surface area contributed by atoms with Crippen LogP contribution in [0.15, 0.2) is 35.2 Å². The largest absolute Gasteiger partial charge is 0.299 e. The van der Waals surface area contributed by atoms with Gasteiger partial charge < -0.3 is 0 Å². The van der Waals surface area contributed by atoms with Crippen LogP contribution in [-0.4, -0.2) is 11.0 Å². The monoisotopic (exact) mass is 194 g/mol. The molecule has 0 radical (unpaired) electrons. The van der Waals surface area contributed by atoms with Crippen LogP contribution in [0.25, 0.3) is 0 Å². The van der Waals surface area contributed by atoms with E-state index in [-0.39, 0.29) is 11.0 Å². The number of Topliss-reactive ketones (excluding diaryl/α,β-unsaturated/α-hetero) is 1. The van der Waals surface area contributed by atoms with E-state index in [1.807, 2.05) is 37.3 Å². The quantitative estimate of drug-likeness (QED) is 0.685. The van der Waals surface area contributed by atoms with Gasteiger partial charge in [-0.25, -0.2) is 0 Å². The number of carbonyl (C=O) groups is 1. The Hall–Kier alpha value is -0.760. The van der Waals surface area contributed by atoms with Crippen molar-refractivity contribution in [3.05, 3.63) is 30.3 Å². The SMILES string of the molecule is CCC(Sc1ccccc1)C(C)=O. The van der Waals surface area contributed by atoms with Crippen molar-refractivity contribution >= 4 is 17.5 Å². The zero-order chi connectivity index (χ0) is 9.68. The van der Waals surface area contributed by atoms with Crippen LogP contribution < -0.4 is 0 Å². The van der Waals surface area contributed by atoms with Crippen molar-refractivity contribution in [1.82, 2.24) is 0 Å². The molecule has 0 aromatic heterocycles. The second kappa shape index (κ2) is 5.07. The van der Waals surface area contributed by atoms with E-state index in [4.69, 9.17) is 0 Å². The summed E-state index contributed by atoms with van der Waals surface area (Å²) >= 11 is 1.65. The molecular formula is C11H14OS. The Morgan fingerprint density at radius 1 is 1.38 bits per heavy atom. The first-order valence-corrected chi connectivity index (χ1v) is 5.34. The highest BCUT2D eigenvalue weighted by molar-refractivity contribution is 8.00. The standard InChI is InChI=1S/C11H14OS/c1-3-11(9(2)12)13-10-7-5-4-6-8-10/h4-8,11H,3H2,1-2H3. The Balaban J connectivity index is 2.62. The Morgan fingerprint density at radius 2 is 2.00 bits per heavy atom. The van der Waals surface area contributed by atoms with Crippen molar-refractivity contribution in [3.63, 3.8) is 0 Å². The summed E-state index contributed by atoms with van der Waals surface area (Å²) in [5, 5.41) is 0.113. The van der Waals surface area contributed by atoms with E-state index in [9.17, 15) is 4.79 Å². The van der Waals surface area contributed by atoms with Crippen LogP contribution in [0.1, 0.15) is 20.3 Å². The predicted octanol–water partition coefficient (Wildman–Crippen LogP) is 3.15. The molecule has 13 heavy (non-hydrogen) atoms. The Bertz CT molecular complexity index is 269. The second-order valence-corrected chi connectivity index (χ2v) is 4.21. The van der Waals surface area contributed by atoms with Crippen LogP contribution in [0.2, 0.25) is 0 Å². The third-order valence-corrected chi connectivity index (χ3v) is 3.34. The summed E-state index contributed by atoms with van der Waals surface area (Å²) < 4.78 is 0. The number of thioether (sulfide) groups is 1. The number of hydrogen-bond donors (Lipinski definition) is 0. The first-order chi connectivity index (χ1) is 6.24. The molecule has 2 heteroatoms. The van der Waals surface area contributed by atoms with Gasteiger partial charge in [-0.2, -0.15) is 0 Å². The summed E-state index contributed by atoms with van der Waals surface area (Å²) in [7, 11) is 0. The maximum atomic E-state index is 11.2. The molecule has 0 spiro atoms. The normalized spacial score (nSPS) is 12.5. The molecule has 1 nitrogen and oxygen atoms in total. The lowest BCUT2D eigenvalue weighted by Gasteiger charge is -2.09. The van der Waals surface area contributed by atoms with Gasteiger partial charge in [0.15, 0.2) is 0 Å². The van der Waals surface area contributed by atoms with Gasteiger partial charge in [-0.05, 0) is 25.5 Å². The van der Waals surface area contributed by atoms with E-state index in [1.54, 1.807) is 18.7 Å². The van der Waals surface area contributed by atoms with Crippen molar-refractivity contribution in [2.24, 2.45) is 0 Å². The molecule has 70 valence electrons. The highest BCUT2D eigenvalue weighted by Crippen LogP contribution is 2.25. The van der Waals surface area contributed by atoms with Gasteiger partial charge in [0.05, 0.1) is 5.25 Å². The first kappa shape index (κ1) is 10.3. The van der Waals surface area contributed by atoms with E-state index >= 15 is 0 Å². The number of benzene rings is 1. The van der Waals surface area contributed by atoms with Gasteiger partial charge >= 0.3 is 0 Å². The molecular weight excluding hydrogens is 180 g/mol. The molecule has 0 amide bonds. The molecule has 0 aliphatic rings. The lowest BCUT2D eigenvalue weighted by Crippen LogP contribution is -2.11. The van der Waals surface area contributed by atoms with Gasteiger partial charge in [0.2, 0.25) is 0 Å². The van der Waals surface area contributed by atoms with Gasteiger partial charge in [0, 0.05) is 4.90 Å². The molecule has 0 saturated heterocycles. The molecule has 0 fully saturated rings. The summed E-state index contributed by atoms with van der Waals surface area (Å²) in [6, 6.07) is 10.1. The van der Waals surface area contributed by atoms with Crippen molar-refractivity contribution in [2.45, 2.75) is 30.4 Å². The molecule has 1 atom stereocenters. The molecule has 0 aliphatic heterocycles. The minimum Gasteiger partial charge on any atom is -0.299 e. The predicted molar refractivity (Wildman–Crippen MR) is 57.1 cm³/mol. The fourth-order valence-corrected chi connectivity index (χ4v) is 2.09. The average Bonchev–Trinajstić information content (AvgIpc) is 2.15. The highest BCUT2D eigenvalue weighted by Gasteiger charge is 2.12. The van der Waals surface area contributed by atoms with E-state index in [0.717, 1.165) is 6.42 Å². The number of carbonyl (C=O) groups excluding carboxylic acids is 1. The van der Waals surface area contributed by atoms with Crippen LogP contribution >= 0.6 is 11.8 Å². The minimum atomic E-state index is 0.113. The summed E-state index contributed by atoms with van der Waals surface area (Å²) in [5.41, 5.74) is 0. The van der Waals surface area contributed by atoms with Crippen LogP contribution in [0.3, 0.4) is 0 Å². The number of ketones is 1. The van der Waals surface area contributed by atoms with Gasteiger partial charge in [-0.3, -0.25) is 4.79 Å². The number of rotatable bonds is 4. The highest BCUT2D eigenvalue weighted by atomic mass is 32.2. The van der Waals surface area contributed by atoms with Gasteiger partial charge in [-0.15, -0.1) is 11.8 Å². The summed E-state index contributed by atoms with van der Waals surface area (Å²) in [6.07, 6.45) is 0.898. The van der Waals surface area contributed by atoms with Crippen LogP contribution in [0.5, 0.6) is 0 Å². The molecule has 0 heterocycles. The fraction of sp³-hybridized carbons (Fsp3) is 0.364. The topological polar surface area (TPSA) is 17.1 Å². The summed E-state index contributed by atoms with van der Waals surface area (Å²) in [5.74, 6) is 0.261. The molecule has 1 aromatic carbocycles. The van der Waals surface area contributed by atoms with Gasteiger partial charge in [0.25, 0.3) is 0 Å². The first-order valence-electron chi connectivity index (χ1n) is 4.46. The maximum Gasteiger partial charge on any atom is 0.143 e. The van der Waals surface area contributed by atoms with Crippen molar-refractivity contribution in [2.75, 3.05) is 0 Å².